The van der Waals surface area contributed by atoms with Gasteiger partial charge in [0.15, 0.2) is 0 Å². The van der Waals surface area contributed by atoms with Gasteiger partial charge in [0.2, 0.25) is 0 Å². The van der Waals surface area contributed by atoms with Crippen molar-refractivity contribution in [1.29, 1.82) is 0 Å². The molecule has 0 saturated carbocycles. The predicted molar refractivity (Wildman–Crippen MR) is 76.7 cm³/mol. The van der Waals surface area contributed by atoms with Gasteiger partial charge in [-0.3, -0.25) is 0 Å². The molecule has 22 heavy (non-hydrogen) atoms. The van der Waals surface area contributed by atoms with Crippen LogP contribution >= 0.6 is 0 Å². The van der Waals surface area contributed by atoms with Crippen molar-refractivity contribution in [3.05, 3.63) is 35.4 Å². The molecule has 0 atom stereocenters. The molecule has 122 valence electrons. The summed E-state index contributed by atoms with van der Waals surface area (Å²) in [7, 11) is 0. The van der Waals surface area contributed by atoms with E-state index in [-0.39, 0.29) is 17.6 Å². The molecule has 0 radical (unpaired) electrons. The van der Waals surface area contributed by atoms with E-state index in [4.69, 9.17) is 4.74 Å². The molecule has 1 aromatic rings. The number of carbonyl (C=O) groups excluding carboxylic acids is 1. The summed E-state index contributed by atoms with van der Waals surface area (Å²) in [5.74, 6) is 0.160. The van der Waals surface area contributed by atoms with E-state index in [0.717, 1.165) is 5.56 Å². The minimum atomic E-state index is -4.19. The summed E-state index contributed by atoms with van der Waals surface area (Å²) in [6.07, 6.45) is -5.45. The number of ether oxygens (including phenoxy) is 1. The number of alkyl halides is 3. The number of nitrogens with zero attached hydrogens (tertiary/aromatic N) is 1. The Hall–Kier alpha value is -1.72. The first-order chi connectivity index (χ1) is 10.0. The number of rotatable bonds is 2. The van der Waals surface area contributed by atoms with Crippen molar-refractivity contribution >= 4 is 6.09 Å². The molecule has 1 saturated heterocycles. The highest BCUT2D eigenvalue weighted by Gasteiger charge is 2.34. The highest BCUT2D eigenvalue weighted by atomic mass is 19.4. The Morgan fingerprint density at radius 1 is 1.18 bits per heavy atom. The molecule has 3 nitrogen and oxygen atoms in total. The van der Waals surface area contributed by atoms with Gasteiger partial charge in [-0.2, -0.15) is 13.2 Å². The maximum absolute atomic E-state index is 12.3. The van der Waals surface area contributed by atoms with Crippen LogP contribution in [0.5, 0.6) is 0 Å². The molecule has 1 aliphatic rings. The molecule has 0 aromatic heterocycles. The van der Waals surface area contributed by atoms with E-state index in [0.29, 0.717) is 13.1 Å². The normalized spacial score (nSPS) is 16.4. The fourth-order valence-corrected chi connectivity index (χ4v) is 2.30. The van der Waals surface area contributed by atoms with Gasteiger partial charge in [-0.15, -0.1) is 0 Å². The average molecular weight is 315 g/mol. The molecule has 1 amide bonds. The van der Waals surface area contributed by atoms with Crippen LogP contribution in [-0.2, 0) is 11.2 Å². The lowest BCUT2D eigenvalue weighted by Gasteiger charge is -2.40. The lowest BCUT2D eigenvalue weighted by Crippen LogP contribution is -2.50. The van der Waals surface area contributed by atoms with E-state index in [1.54, 1.807) is 17.0 Å². The van der Waals surface area contributed by atoms with Gasteiger partial charge in [-0.1, -0.05) is 24.3 Å². The molecule has 0 unspecified atom stereocenters. The molecule has 6 heteroatoms. The van der Waals surface area contributed by atoms with Crippen LogP contribution in [0.2, 0.25) is 0 Å². The SMILES string of the molecule is CC(C)(C)OC(=O)N1CC(c2ccc(CC(F)(F)F)cc2)C1. The van der Waals surface area contributed by atoms with Crippen molar-refractivity contribution in [3.8, 4) is 0 Å². The zero-order valence-electron chi connectivity index (χ0n) is 12.9. The Morgan fingerprint density at radius 3 is 2.18 bits per heavy atom. The highest BCUT2D eigenvalue weighted by molar-refractivity contribution is 5.69. The maximum Gasteiger partial charge on any atom is 0.410 e. The summed E-state index contributed by atoms with van der Waals surface area (Å²) in [6, 6.07) is 6.41. The van der Waals surface area contributed by atoms with E-state index >= 15 is 0 Å². The van der Waals surface area contributed by atoms with Crippen LogP contribution in [0, 0.1) is 0 Å². The zero-order valence-corrected chi connectivity index (χ0v) is 12.9. The molecule has 1 aliphatic heterocycles. The summed E-state index contributed by atoms with van der Waals surface area (Å²) in [6.45, 7) is 6.49. The van der Waals surface area contributed by atoms with Gasteiger partial charge in [0.25, 0.3) is 0 Å². The standard InChI is InChI=1S/C16H20F3NO2/c1-15(2,3)22-14(21)20-9-13(10-20)12-6-4-11(5-7-12)8-16(17,18)19/h4-7,13H,8-10H2,1-3H3. The summed E-state index contributed by atoms with van der Waals surface area (Å²) in [5, 5.41) is 0. The predicted octanol–water partition coefficient (Wildman–Crippen LogP) is 4.13. The third-order valence-corrected chi connectivity index (χ3v) is 3.39. The fraction of sp³-hybridized carbons (Fsp3) is 0.562. The number of carbonyl (C=O) groups is 1. The van der Waals surface area contributed by atoms with Gasteiger partial charge >= 0.3 is 12.3 Å². The van der Waals surface area contributed by atoms with Gasteiger partial charge in [-0.25, -0.2) is 4.79 Å². The second-order valence-electron chi connectivity index (χ2n) is 6.62. The first-order valence-corrected chi connectivity index (χ1v) is 7.17. The van der Waals surface area contributed by atoms with Gasteiger partial charge in [0, 0.05) is 19.0 Å². The van der Waals surface area contributed by atoms with Gasteiger partial charge in [0.1, 0.15) is 5.60 Å². The van der Waals surface area contributed by atoms with E-state index in [1.807, 2.05) is 20.8 Å². The van der Waals surface area contributed by atoms with Crippen LogP contribution in [0.25, 0.3) is 0 Å². The lowest BCUT2D eigenvalue weighted by atomic mass is 9.91. The number of hydrogen-bond acceptors (Lipinski definition) is 2. The molecule has 0 aliphatic carbocycles. The van der Waals surface area contributed by atoms with Crippen LogP contribution in [0.1, 0.15) is 37.8 Å². The molecule has 0 N–H and O–H groups in total. The Kier molecular flexibility index (Phi) is 4.40. The van der Waals surface area contributed by atoms with Gasteiger partial charge in [-0.05, 0) is 31.9 Å². The molecule has 0 spiro atoms. The van der Waals surface area contributed by atoms with Crippen molar-refractivity contribution in [2.24, 2.45) is 0 Å². The smallest absolute Gasteiger partial charge is 0.410 e. The summed E-state index contributed by atoms with van der Waals surface area (Å²) in [4.78, 5) is 13.4. The van der Waals surface area contributed by atoms with Crippen molar-refractivity contribution in [2.75, 3.05) is 13.1 Å². The van der Waals surface area contributed by atoms with Gasteiger partial charge in [0.05, 0.1) is 6.42 Å². The lowest BCUT2D eigenvalue weighted by molar-refractivity contribution is -0.127. The number of benzene rings is 1. The number of likely N-dealkylation sites (tertiary alicyclic amines) is 1. The van der Waals surface area contributed by atoms with Crippen molar-refractivity contribution in [3.63, 3.8) is 0 Å². The van der Waals surface area contributed by atoms with Crippen LogP contribution in [0.15, 0.2) is 24.3 Å². The maximum atomic E-state index is 12.3. The second-order valence-corrected chi connectivity index (χ2v) is 6.62. The number of halogens is 3. The number of amides is 1. The third kappa shape index (κ3) is 4.64. The molecule has 2 rings (SSSR count). The monoisotopic (exact) mass is 315 g/mol. The van der Waals surface area contributed by atoms with E-state index in [2.05, 4.69) is 0 Å². The second kappa shape index (κ2) is 5.82. The zero-order chi connectivity index (χ0) is 16.5. The highest BCUT2D eigenvalue weighted by Crippen LogP contribution is 2.29. The van der Waals surface area contributed by atoms with Crippen LogP contribution < -0.4 is 0 Å². The van der Waals surface area contributed by atoms with Crippen molar-refractivity contribution < 1.29 is 22.7 Å². The number of hydrogen-bond donors (Lipinski definition) is 0. The molecule has 1 aromatic carbocycles. The van der Waals surface area contributed by atoms with Crippen molar-refractivity contribution in [2.45, 2.75) is 44.9 Å². The van der Waals surface area contributed by atoms with Crippen molar-refractivity contribution in [1.82, 2.24) is 4.90 Å². The van der Waals surface area contributed by atoms with E-state index in [1.165, 1.54) is 12.1 Å². The Labute approximate surface area is 128 Å². The van der Waals surface area contributed by atoms with Crippen LogP contribution in [-0.4, -0.2) is 35.9 Å². The Morgan fingerprint density at radius 2 is 1.73 bits per heavy atom. The topological polar surface area (TPSA) is 29.5 Å². The third-order valence-electron chi connectivity index (χ3n) is 3.39. The fourth-order valence-electron chi connectivity index (χ4n) is 2.30. The first-order valence-electron chi connectivity index (χ1n) is 7.17. The Balaban J connectivity index is 1.87. The summed E-state index contributed by atoms with van der Waals surface area (Å²) < 4.78 is 42.1. The van der Waals surface area contributed by atoms with E-state index < -0.39 is 18.2 Å². The molecular formula is C16H20F3NO2. The van der Waals surface area contributed by atoms with E-state index in [9.17, 15) is 18.0 Å². The quantitative estimate of drug-likeness (QED) is 0.821. The molecular weight excluding hydrogens is 295 g/mol. The minimum absolute atomic E-state index is 0.160. The molecule has 1 heterocycles. The Bertz CT molecular complexity index is 526. The minimum Gasteiger partial charge on any atom is -0.444 e. The molecule has 0 bridgehead atoms. The van der Waals surface area contributed by atoms with Crippen LogP contribution in [0.3, 0.4) is 0 Å². The average Bonchev–Trinajstić information content (AvgIpc) is 2.24. The summed E-state index contributed by atoms with van der Waals surface area (Å²) in [5.41, 5.74) is 0.673. The van der Waals surface area contributed by atoms with Crippen LogP contribution in [0.4, 0.5) is 18.0 Å². The van der Waals surface area contributed by atoms with Gasteiger partial charge < -0.3 is 9.64 Å². The summed E-state index contributed by atoms with van der Waals surface area (Å²) >= 11 is 0. The molecule has 1 fully saturated rings. The largest absolute Gasteiger partial charge is 0.444 e. The first kappa shape index (κ1) is 16.6.